The molecule has 1 nitrogen and oxygen atoms in total. The second kappa shape index (κ2) is 5.65. The highest BCUT2D eigenvalue weighted by Crippen LogP contribution is 2.33. The van der Waals surface area contributed by atoms with Gasteiger partial charge in [0.15, 0.2) is 0 Å². The minimum Gasteiger partial charge on any atom is -0.320 e. The average molecular weight is 375 g/mol. The van der Waals surface area contributed by atoms with Gasteiger partial charge in [0.2, 0.25) is 0 Å². The van der Waals surface area contributed by atoms with Crippen LogP contribution in [0.15, 0.2) is 38.6 Å². The first kappa shape index (κ1) is 13.3. The van der Waals surface area contributed by atoms with Gasteiger partial charge >= 0.3 is 0 Å². The Balaban J connectivity index is 2.43. The van der Waals surface area contributed by atoms with E-state index in [-0.39, 0.29) is 6.04 Å². The summed E-state index contributed by atoms with van der Waals surface area (Å²) in [6.07, 6.45) is 1.03. The van der Waals surface area contributed by atoms with Crippen molar-refractivity contribution in [3.8, 4) is 0 Å². The molecule has 2 rings (SSSR count). The summed E-state index contributed by atoms with van der Waals surface area (Å²) in [6, 6.07) is 8.21. The Hall–Kier alpha value is -0.160. The smallest absolute Gasteiger partial charge is 0.0660 e. The van der Waals surface area contributed by atoms with Crippen molar-refractivity contribution in [2.45, 2.75) is 19.4 Å². The van der Waals surface area contributed by atoms with Gasteiger partial charge in [-0.05, 0) is 47.2 Å². The summed E-state index contributed by atoms with van der Waals surface area (Å²) in [7, 11) is 0. The first-order valence-electron chi connectivity index (χ1n) is 5.40. The largest absolute Gasteiger partial charge is 0.320 e. The lowest BCUT2D eigenvalue weighted by atomic mass is 10.0. The highest BCUT2D eigenvalue weighted by atomic mass is 79.9. The topological polar surface area (TPSA) is 26.0 Å². The zero-order chi connectivity index (χ0) is 12.4. The standard InChI is InChI=1S/C13H13Br2NS/c1-2-8-5-6-17-13(8)12(16)10-7-9(14)3-4-11(10)15/h3-7,12H,2,16H2,1H3. The summed E-state index contributed by atoms with van der Waals surface area (Å²) in [5.41, 5.74) is 8.83. The lowest BCUT2D eigenvalue weighted by molar-refractivity contribution is 0.868. The molecule has 0 aliphatic rings. The number of benzene rings is 1. The third kappa shape index (κ3) is 2.81. The molecule has 0 spiro atoms. The Labute approximate surface area is 122 Å². The van der Waals surface area contributed by atoms with Crippen LogP contribution in [0.5, 0.6) is 0 Å². The first-order valence-corrected chi connectivity index (χ1v) is 7.86. The summed E-state index contributed by atoms with van der Waals surface area (Å²) in [5.74, 6) is 0. The molecule has 0 fully saturated rings. The fraction of sp³-hybridized carbons (Fsp3) is 0.231. The third-order valence-corrected chi connectivity index (χ3v) is 4.99. The van der Waals surface area contributed by atoms with E-state index in [0.717, 1.165) is 20.9 Å². The molecule has 1 aromatic heterocycles. The van der Waals surface area contributed by atoms with Crippen LogP contribution in [-0.4, -0.2) is 0 Å². The number of nitrogens with two attached hydrogens (primary N) is 1. The minimum atomic E-state index is -0.0585. The lowest BCUT2D eigenvalue weighted by Gasteiger charge is -2.14. The Kier molecular flexibility index (Phi) is 4.42. The van der Waals surface area contributed by atoms with Crippen LogP contribution in [-0.2, 0) is 6.42 Å². The summed E-state index contributed by atoms with van der Waals surface area (Å²) in [6.45, 7) is 2.16. The molecule has 4 heteroatoms. The molecule has 0 aliphatic heterocycles. The van der Waals surface area contributed by atoms with E-state index in [1.54, 1.807) is 11.3 Å². The van der Waals surface area contributed by atoms with Gasteiger partial charge in [0, 0.05) is 13.8 Å². The predicted octanol–water partition coefficient (Wildman–Crippen LogP) is 4.88. The fourth-order valence-corrected chi connectivity index (χ4v) is 3.69. The number of rotatable bonds is 3. The molecule has 90 valence electrons. The van der Waals surface area contributed by atoms with Crippen LogP contribution < -0.4 is 5.73 Å². The van der Waals surface area contributed by atoms with Crippen LogP contribution in [0.3, 0.4) is 0 Å². The minimum absolute atomic E-state index is 0.0585. The fourth-order valence-electron chi connectivity index (χ4n) is 1.81. The van der Waals surface area contributed by atoms with E-state index in [2.05, 4.69) is 56.3 Å². The maximum Gasteiger partial charge on any atom is 0.0660 e. The number of hydrogen-bond acceptors (Lipinski definition) is 2. The Morgan fingerprint density at radius 3 is 2.76 bits per heavy atom. The van der Waals surface area contributed by atoms with Gasteiger partial charge in [-0.25, -0.2) is 0 Å². The number of aryl methyl sites for hydroxylation is 1. The van der Waals surface area contributed by atoms with Gasteiger partial charge in [-0.3, -0.25) is 0 Å². The van der Waals surface area contributed by atoms with Crippen LogP contribution in [0.1, 0.15) is 29.0 Å². The maximum atomic E-state index is 6.37. The molecular weight excluding hydrogens is 362 g/mol. The molecule has 0 saturated heterocycles. The van der Waals surface area contributed by atoms with Gasteiger partial charge in [0.1, 0.15) is 0 Å². The lowest BCUT2D eigenvalue weighted by Crippen LogP contribution is -2.12. The van der Waals surface area contributed by atoms with Crippen molar-refractivity contribution in [2.24, 2.45) is 5.73 Å². The van der Waals surface area contributed by atoms with E-state index in [1.165, 1.54) is 10.4 Å². The van der Waals surface area contributed by atoms with Gasteiger partial charge in [-0.15, -0.1) is 11.3 Å². The molecule has 0 aliphatic carbocycles. The van der Waals surface area contributed by atoms with Crippen LogP contribution in [0, 0.1) is 0 Å². The van der Waals surface area contributed by atoms with Gasteiger partial charge in [-0.2, -0.15) is 0 Å². The SMILES string of the molecule is CCc1ccsc1C(N)c1cc(Br)ccc1Br. The van der Waals surface area contributed by atoms with Gasteiger partial charge in [-0.1, -0.05) is 38.8 Å². The molecule has 0 saturated carbocycles. The van der Waals surface area contributed by atoms with Crippen LogP contribution >= 0.6 is 43.2 Å². The molecule has 17 heavy (non-hydrogen) atoms. The summed E-state index contributed by atoms with van der Waals surface area (Å²) in [5, 5.41) is 2.11. The molecule has 1 atom stereocenters. The molecule has 0 bridgehead atoms. The Morgan fingerprint density at radius 1 is 1.29 bits per heavy atom. The monoisotopic (exact) mass is 373 g/mol. The zero-order valence-corrected chi connectivity index (χ0v) is 13.4. The van der Waals surface area contributed by atoms with Crippen molar-refractivity contribution in [1.29, 1.82) is 0 Å². The van der Waals surface area contributed by atoms with Crippen molar-refractivity contribution in [3.05, 3.63) is 54.6 Å². The third-order valence-electron chi connectivity index (χ3n) is 2.74. The molecule has 0 amide bonds. The van der Waals surface area contributed by atoms with Crippen LogP contribution in [0.25, 0.3) is 0 Å². The molecule has 1 heterocycles. The summed E-state index contributed by atoms with van der Waals surface area (Å²) >= 11 is 8.79. The van der Waals surface area contributed by atoms with Crippen molar-refractivity contribution < 1.29 is 0 Å². The first-order chi connectivity index (χ1) is 8.13. The normalized spacial score (nSPS) is 12.7. The zero-order valence-electron chi connectivity index (χ0n) is 9.41. The highest BCUT2D eigenvalue weighted by molar-refractivity contribution is 9.11. The van der Waals surface area contributed by atoms with E-state index < -0.39 is 0 Å². The van der Waals surface area contributed by atoms with E-state index in [0.29, 0.717) is 0 Å². The van der Waals surface area contributed by atoms with Gasteiger partial charge < -0.3 is 5.73 Å². The Bertz CT molecular complexity index is 522. The molecule has 2 aromatic rings. The second-order valence-corrected chi connectivity index (χ2v) is 6.52. The summed E-state index contributed by atoms with van der Waals surface area (Å²) in [4.78, 5) is 1.26. The van der Waals surface area contributed by atoms with E-state index >= 15 is 0 Å². The van der Waals surface area contributed by atoms with E-state index in [4.69, 9.17) is 5.73 Å². The predicted molar refractivity (Wildman–Crippen MR) is 81.6 cm³/mol. The number of hydrogen-bond donors (Lipinski definition) is 1. The number of halogens is 2. The van der Waals surface area contributed by atoms with Crippen molar-refractivity contribution in [3.63, 3.8) is 0 Å². The second-order valence-electron chi connectivity index (χ2n) is 3.81. The van der Waals surface area contributed by atoms with Crippen molar-refractivity contribution in [2.75, 3.05) is 0 Å². The quantitative estimate of drug-likeness (QED) is 0.813. The average Bonchev–Trinajstić information content (AvgIpc) is 2.79. The molecule has 1 unspecified atom stereocenters. The van der Waals surface area contributed by atoms with Crippen molar-refractivity contribution >= 4 is 43.2 Å². The molecule has 2 N–H and O–H groups in total. The molecule has 1 aromatic carbocycles. The van der Waals surface area contributed by atoms with Gasteiger partial charge in [0.05, 0.1) is 6.04 Å². The van der Waals surface area contributed by atoms with Crippen LogP contribution in [0.4, 0.5) is 0 Å². The highest BCUT2D eigenvalue weighted by Gasteiger charge is 2.16. The van der Waals surface area contributed by atoms with E-state index in [1.807, 2.05) is 12.1 Å². The van der Waals surface area contributed by atoms with Crippen LogP contribution in [0.2, 0.25) is 0 Å². The maximum absolute atomic E-state index is 6.37. The number of thiophene rings is 1. The Morgan fingerprint density at radius 2 is 2.06 bits per heavy atom. The molecular formula is C13H13Br2NS. The summed E-state index contributed by atoms with van der Waals surface area (Å²) < 4.78 is 2.12. The van der Waals surface area contributed by atoms with Gasteiger partial charge in [0.25, 0.3) is 0 Å². The van der Waals surface area contributed by atoms with E-state index in [9.17, 15) is 0 Å². The molecule has 0 radical (unpaired) electrons. The van der Waals surface area contributed by atoms with Crippen molar-refractivity contribution in [1.82, 2.24) is 0 Å².